The van der Waals surface area contributed by atoms with Crippen molar-refractivity contribution in [2.75, 3.05) is 13.6 Å². The van der Waals surface area contributed by atoms with Crippen LogP contribution in [0, 0.1) is 11.3 Å². The predicted molar refractivity (Wildman–Crippen MR) is 124 cm³/mol. The van der Waals surface area contributed by atoms with Crippen LogP contribution in [-0.4, -0.2) is 70.4 Å². The molecule has 0 aromatic heterocycles. The normalized spacial score (nSPS) is 20.5. The van der Waals surface area contributed by atoms with Crippen molar-refractivity contribution < 1.29 is 19.5 Å². The van der Waals surface area contributed by atoms with E-state index in [1.54, 1.807) is 18.0 Å². The molecule has 7 nitrogen and oxygen atoms in total. The second-order valence-corrected chi connectivity index (χ2v) is 10.5. The van der Waals surface area contributed by atoms with Gasteiger partial charge in [0.15, 0.2) is 0 Å². The van der Waals surface area contributed by atoms with Gasteiger partial charge in [-0.1, -0.05) is 47.1 Å². The Kier molecular flexibility index (Phi) is 9.73. The number of nitrogens with zero attached hydrogens (tertiary/aromatic N) is 2. The van der Waals surface area contributed by atoms with Crippen LogP contribution in [-0.2, 0) is 14.4 Å². The molecule has 1 fully saturated rings. The molecule has 1 heterocycles. The third-order valence-electron chi connectivity index (χ3n) is 6.15. The number of aliphatic carboxylic acids is 1. The maximum atomic E-state index is 13.5. The van der Waals surface area contributed by atoms with Crippen LogP contribution in [0.5, 0.6) is 0 Å². The number of rotatable bonds is 8. The Labute approximate surface area is 188 Å². The van der Waals surface area contributed by atoms with Gasteiger partial charge in [-0.3, -0.25) is 14.5 Å². The lowest BCUT2D eigenvalue weighted by atomic mass is 9.84. The predicted octanol–water partition coefficient (Wildman–Crippen LogP) is 3.29. The maximum Gasteiger partial charge on any atom is 0.331 e. The minimum absolute atomic E-state index is 0.0225. The molecule has 1 aliphatic heterocycles. The van der Waals surface area contributed by atoms with E-state index >= 15 is 0 Å². The van der Waals surface area contributed by atoms with E-state index in [0.29, 0.717) is 0 Å². The van der Waals surface area contributed by atoms with Crippen LogP contribution >= 0.6 is 0 Å². The molecule has 1 rings (SSSR count). The molecule has 31 heavy (non-hydrogen) atoms. The summed E-state index contributed by atoms with van der Waals surface area (Å²) in [5.41, 5.74) is -0.296. The molecule has 0 aromatic rings. The third kappa shape index (κ3) is 7.34. The molecule has 7 heteroatoms. The second-order valence-electron chi connectivity index (χ2n) is 10.5. The Hall–Kier alpha value is -1.89. The smallest absolute Gasteiger partial charge is 0.331 e. The van der Waals surface area contributed by atoms with E-state index in [4.69, 9.17) is 0 Å². The molecule has 2 amide bonds. The molecule has 0 aromatic carbocycles. The zero-order valence-electron chi connectivity index (χ0n) is 20.9. The second kappa shape index (κ2) is 11.1. The standard InChI is InChI=1S/C24H43N3O4/c1-15(2)19(14-17(5)23(30)31)26(9)22(29)20(24(6,7)8)25-21(28)18-12-10-11-13-27(18)16(3)4/h14-16,18-20H,10-13H2,1-9H3,(H,25,28)(H,30,31)/b17-14+/t18-,19+,20?/m0/s1. The number of carboxylic acids is 1. The number of carbonyl (C=O) groups is 3. The maximum absolute atomic E-state index is 13.5. The average molecular weight is 438 g/mol. The van der Waals surface area contributed by atoms with Crippen LogP contribution in [0.15, 0.2) is 11.6 Å². The summed E-state index contributed by atoms with van der Waals surface area (Å²) in [6.07, 6.45) is 4.50. The summed E-state index contributed by atoms with van der Waals surface area (Å²) in [6, 6.07) is -1.06. The zero-order chi connectivity index (χ0) is 24.1. The van der Waals surface area contributed by atoms with Gasteiger partial charge in [0, 0.05) is 18.7 Å². The lowest BCUT2D eigenvalue weighted by Gasteiger charge is -2.41. The minimum atomic E-state index is -1.00. The Morgan fingerprint density at radius 2 is 1.71 bits per heavy atom. The highest BCUT2D eigenvalue weighted by Gasteiger charge is 2.39. The number of hydrogen-bond donors (Lipinski definition) is 2. The quantitative estimate of drug-likeness (QED) is 0.569. The molecule has 1 saturated heterocycles. The van der Waals surface area contributed by atoms with Gasteiger partial charge >= 0.3 is 5.97 Å². The molecule has 0 bridgehead atoms. The van der Waals surface area contributed by atoms with E-state index in [1.807, 2.05) is 34.6 Å². The highest BCUT2D eigenvalue weighted by Crippen LogP contribution is 2.25. The molecule has 1 aliphatic rings. The van der Waals surface area contributed by atoms with Crippen LogP contribution in [0.25, 0.3) is 0 Å². The number of hydrogen-bond acceptors (Lipinski definition) is 4. The monoisotopic (exact) mass is 437 g/mol. The SMILES string of the molecule is C/C(=C\[C@H](C(C)C)N(C)C(=O)C(NC(=O)[C@@H]1CCCCN1C(C)C)C(C)(C)C)C(=O)O. The van der Waals surface area contributed by atoms with E-state index < -0.39 is 17.4 Å². The fourth-order valence-electron chi connectivity index (χ4n) is 4.17. The van der Waals surface area contributed by atoms with Crippen molar-refractivity contribution in [1.29, 1.82) is 0 Å². The Bertz CT molecular complexity index is 679. The molecule has 2 N–H and O–H groups in total. The lowest BCUT2D eigenvalue weighted by Crippen LogP contribution is -2.60. The summed E-state index contributed by atoms with van der Waals surface area (Å²) >= 11 is 0. The molecule has 0 aliphatic carbocycles. The van der Waals surface area contributed by atoms with Gasteiger partial charge in [-0.2, -0.15) is 0 Å². The lowest BCUT2D eigenvalue weighted by molar-refractivity contribution is -0.142. The fourth-order valence-corrected chi connectivity index (χ4v) is 4.17. The number of likely N-dealkylation sites (tertiary alicyclic amines) is 1. The summed E-state index contributed by atoms with van der Waals surface area (Å²) in [7, 11) is 1.69. The van der Waals surface area contributed by atoms with Gasteiger partial charge in [0.1, 0.15) is 6.04 Å². The fraction of sp³-hybridized carbons (Fsp3) is 0.792. The first-order chi connectivity index (χ1) is 14.2. The Balaban J connectivity index is 3.15. The average Bonchev–Trinajstić information content (AvgIpc) is 2.67. The topological polar surface area (TPSA) is 90.0 Å². The summed E-state index contributed by atoms with van der Waals surface area (Å²) in [4.78, 5) is 41.9. The molecule has 0 spiro atoms. The number of amides is 2. The molecule has 1 unspecified atom stereocenters. The first-order valence-corrected chi connectivity index (χ1v) is 11.4. The molecular formula is C24H43N3O4. The van der Waals surface area contributed by atoms with Crippen molar-refractivity contribution in [2.45, 2.75) is 98.8 Å². The number of carboxylic acid groups (broad SMARTS) is 1. The first-order valence-electron chi connectivity index (χ1n) is 11.4. The van der Waals surface area contributed by atoms with Crippen LogP contribution < -0.4 is 5.32 Å². The number of nitrogens with one attached hydrogen (secondary N) is 1. The van der Waals surface area contributed by atoms with Gasteiger partial charge in [-0.05, 0) is 51.5 Å². The van der Waals surface area contributed by atoms with Crippen molar-refractivity contribution in [3.63, 3.8) is 0 Å². The van der Waals surface area contributed by atoms with Crippen molar-refractivity contribution in [2.24, 2.45) is 11.3 Å². The largest absolute Gasteiger partial charge is 0.478 e. The highest BCUT2D eigenvalue weighted by atomic mass is 16.4. The van der Waals surface area contributed by atoms with Gasteiger partial charge in [0.25, 0.3) is 0 Å². The van der Waals surface area contributed by atoms with Crippen molar-refractivity contribution in [3.8, 4) is 0 Å². The van der Waals surface area contributed by atoms with E-state index in [2.05, 4.69) is 24.1 Å². The van der Waals surface area contributed by atoms with E-state index in [9.17, 15) is 19.5 Å². The van der Waals surface area contributed by atoms with Crippen molar-refractivity contribution in [3.05, 3.63) is 11.6 Å². The van der Waals surface area contributed by atoms with Crippen molar-refractivity contribution in [1.82, 2.24) is 15.1 Å². The molecule has 0 saturated carbocycles. The summed E-state index contributed by atoms with van der Waals surface area (Å²) in [6.45, 7) is 16.3. The van der Waals surface area contributed by atoms with Crippen LogP contribution in [0.2, 0.25) is 0 Å². The highest BCUT2D eigenvalue weighted by molar-refractivity contribution is 5.91. The first kappa shape index (κ1) is 27.1. The van der Waals surface area contributed by atoms with E-state index in [0.717, 1.165) is 25.8 Å². The van der Waals surface area contributed by atoms with Crippen LogP contribution in [0.3, 0.4) is 0 Å². The van der Waals surface area contributed by atoms with Gasteiger partial charge in [0.2, 0.25) is 11.8 Å². The summed E-state index contributed by atoms with van der Waals surface area (Å²) < 4.78 is 0. The third-order valence-corrected chi connectivity index (χ3v) is 6.15. The molecule has 0 radical (unpaired) electrons. The van der Waals surface area contributed by atoms with E-state index in [1.165, 1.54) is 6.92 Å². The number of likely N-dealkylation sites (N-methyl/N-ethyl adjacent to an activating group) is 1. The van der Waals surface area contributed by atoms with Gasteiger partial charge in [0.05, 0.1) is 12.1 Å². The number of piperidine rings is 1. The molecule has 3 atom stereocenters. The summed E-state index contributed by atoms with van der Waals surface area (Å²) in [5.74, 6) is -1.29. The summed E-state index contributed by atoms with van der Waals surface area (Å²) in [5, 5.41) is 12.3. The Morgan fingerprint density at radius 3 is 2.16 bits per heavy atom. The molecule has 178 valence electrons. The zero-order valence-corrected chi connectivity index (χ0v) is 20.9. The van der Waals surface area contributed by atoms with Gasteiger partial charge in [-0.25, -0.2) is 4.79 Å². The van der Waals surface area contributed by atoms with E-state index in [-0.39, 0.29) is 41.4 Å². The van der Waals surface area contributed by atoms with Crippen LogP contribution in [0.1, 0.15) is 74.7 Å². The Morgan fingerprint density at radius 1 is 1.13 bits per heavy atom. The minimum Gasteiger partial charge on any atom is -0.478 e. The number of carbonyl (C=O) groups excluding carboxylic acids is 2. The van der Waals surface area contributed by atoms with Gasteiger partial charge in [-0.15, -0.1) is 0 Å². The van der Waals surface area contributed by atoms with Gasteiger partial charge < -0.3 is 15.3 Å². The van der Waals surface area contributed by atoms with Crippen molar-refractivity contribution >= 4 is 17.8 Å². The van der Waals surface area contributed by atoms with Crippen LogP contribution in [0.4, 0.5) is 0 Å². The molecular weight excluding hydrogens is 394 g/mol.